The predicted molar refractivity (Wildman–Crippen MR) is 98.0 cm³/mol. The molecule has 1 aromatic carbocycles. The fraction of sp³-hybridized carbons (Fsp3) is 0.474. The molecule has 1 aliphatic heterocycles. The van der Waals surface area contributed by atoms with Crippen molar-refractivity contribution in [2.75, 3.05) is 6.54 Å². The second kappa shape index (κ2) is 7.57. The van der Waals surface area contributed by atoms with Gasteiger partial charge in [0, 0.05) is 25.7 Å². The number of benzene rings is 1. The van der Waals surface area contributed by atoms with Gasteiger partial charge in [0.15, 0.2) is 0 Å². The Morgan fingerprint density at radius 1 is 1.21 bits per heavy atom. The number of hydrogen-bond donors (Lipinski definition) is 1. The first kappa shape index (κ1) is 18.4. The molecular formula is C19H22FN5O3. The van der Waals surface area contributed by atoms with Gasteiger partial charge in [0.05, 0.1) is 0 Å². The first-order valence-corrected chi connectivity index (χ1v) is 9.52. The molecule has 2 aliphatic rings. The highest BCUT2D eigenvalue weighted by Crippen LogP contribution is 2.17. The normalized spacial score (nSPS) is 17.0. The summed E-state index contributed by atoms with van der Waals surface area (Å²) in [5.74, 6) is -1.02. The van der Waals surface area contributed by atoms with Crippen LogP contribution in [0.2, 0.25) is 0 Å². The minimum Gasteiger partial charge on any atom is -0.352 e. The Kier molecular flexibility index (Phi) is 4.97. The van der Waals surface area contributed by atoms with Crippen molar-refractivity contribution in [2.45, 2.75) is 51.4 Å². The lowest BCUT2D eigenvalue weighted by Crippen LogP contribution is -2.43. The van der Waals surface area contributed by atoms with Gasteiger partial charge >= 0.3 is 5.69 Å². The van der Waals surface area contributed by atoms with E-state index in [9.17, 15) is 18.8 Å². The molecule has 1 aliphatic carbocycles. The molecule has 2 aromatic rings. The molecule has 1 aromatic heterocycles. The first-order chi connectivity index (χ1) is 13.5. The maximum absolute atomic E-state index is 13.4. The minimum absolute atomic E-state index is 0.0151. The lowest BCUT2D eigenvalue weighted by Gasteiger charge is -2.26. The molecule has 0 atom stereocenters. The third kappa shape index (κ3) is 3.69. The quantitative estimate of drug-likeness (QED) is 0.826. The van der Waals surface area contributed by atoms with E-state index < -0.39 is 11.6 Å². The van der Waals surface area contributed by atoms with Crippen LogP contribution in [0.25, 0.3) is 0 Å². The van der Waals surface area contributed by atoms with Gasteiger partial charge in [-0.3, -0.25) is 14.2 Å². The third-order valence-electron chi connectivity index (χ3n) is 5.27. The van der Waals surface area contributed by atoms with E-state index in [4.69, 9.17) is 0 Å². The monoisotopic (exact) mass is 387 g/mol. The number of carbonyl (C=O) groups is 2. The fourth-order valence-electron chi connectivity index (χ4n) is 3.85. The van der Waals surface area contributed by atoms with Gasteiger partial charge in [-0.25, -0.2) is 13.9 Å². The van der Waals surface area contributed by atoms with Crippen LogP contribution in [0.4, 0.5) is 4.39 Å². The molecule has 8 nitrogen and oxygen atoms in total. The summed E-state index contributed by atoms with van der Waals surface area (Å²) in [6, 6.07) is 6.21. The molecule has 4 rings (SSSR count). The Labute approximate surface area is 160 Å². The van der Waals surface area contributed by atoms with E-state index >= 15 is 0 Å². The van der Waals surface area contributed by atoms with Crippen LogP contribution in [-0.2, 0) is 24.4 Å². The zero-order valence-electron chi connectivity index (χ0n) is 15.4. The van der Waals surface area contributed by atoms with Gasteiger partial charge in [0.25, 0.3) is 5.91 Å². The Morgan fingerprint density at radius 3 is 2.75 bits per heavy atom. The van der Waals surface area contributed by atoms with Gasteiger partial charge < -0.3 is 10.2 Å². The standard InChI is InChI=1S/C19H22FN5O3/c20-14-5-3-4-13(10-14)11-23-8-9-24-17(18(23)27)22-25(19(24)28)12-16(26)21-15-6-1-2-7-15/h3-5,10,15H,1-2,6-9,11-12H2,(H,21,26). The molecule has 2 heterocycles. The van der Waals surface area contributed by atoms with Crippen LogP contribution in [-0.4, -0.2) is 43.6 Å². The van der Waals surface area contributed by atoms with Crippen LogP contribution in [0.15, 0.2) is 29.1 Å². The smallest absolute Gasteiger partial charge is 0.346 e. The highest BCUT2D eigenvalue weighted by molar-refractivity contribution is 5.91. The van der Waals surface area contributed by atoms with Crippen LogP contribution in [0.5, 0.6) is 0 Å². The number of hydrogen-bond acceptors (Lipinski definition) is 4. The Hall–Kier alpha value is -2.97. The lowest BCUT2D eigenvalue weighted by molar-refractivity contribution is -0.122. The van der Waals surface area contributed by atoms with Crippen molar-refractivity contribution in [3.8, 4) is 0 Å². The van der Waals surface area contributed by atoms with Crippen LogP contribution >= 0.6 is 0 Å². The third-order valence-corrected chi connectivity index (χ3v) is 5.27. The van der Waals surface area contributed by atoms with Crippen LogP contribution < -0.4 is 11.0 Å². The summed E-state index contributed by atoms with van der Waals surface area (Å²) >= 11 is 0. The average molecular weight is 387 g/mol. The van der Waals surface area contributed by atoms with E-state index in [1.54, 1.807) is 12.1 Å². The molecular weight excluding hydrogens is 365 g/mol. The molecule has 1 N–H and O–H groups in total. The second-order valence-corrected chi connectivity index (χ2v) is 7.32. The van der Waals surface area contributed by atoms with E-state index in [0.29, 0.717) is 18.7 Å². The van der Waals surface area contributed by atoms with Gasteiger partial charge in [0.1, 0.15) is 12.4 Å². The van der Waals surface area contributed by atoms with Gasteiger partial charge in [-0.15, -0.1) is 5.10 Å². The molecule has 1 fully saturated rings. The van der Waals surface area contributed by atoms with Crippen molar-refractivity contribution < 1.29 is 14.0 Å². The maximum Gasteiger partial charge on any atom is 0.346 e. The summed E-state index contributed by atoms with van der Waals surface area (Å²) in [7, 11) is 0. The molecule has 1 saturated carbocycles. The van der Waals surface area contributed by atoms with Gasteiger partial charge in [-0.05, 0) is 30.5 Å². The van der Waals surface area contributed by atoms with Crippen molar-refractivity contribution >= 4 is 11.8 Å². The largest absolute Gasteiger partial charge is 0.352 e. The number of aromatic nitrogens is 3. The number of carbonyl (C=O) groups excluding carboxylic acids is 2. The van der Waals surface area contributed by atoms with E-state index in [-0.39, 0.29) is 36.7 Å². The van der Waals surface area contributed by atoms with Crippen molar-refractivity contribution in [3.63, 3.8) is 0 Å². The zero-order valence-corrected chi connectivity index (χ0v) is 15.4. The first-order valence-electron chi connectivity index (χ1n) is 9.52. The van der Waals surface area contributed by atoms with Crippen LogP contribution in [0, 0.1) is 5.82 Å². The Balaban J connectivity index is 1.47. The van der Waals surface area contributed by atoms with Crippen molar-refractivity contribution in [2.24, 2.45) is 0 Å². The number of nitrogens with zero attached hydrogens (tertiary/aromatic N) is 4. The second-order valence-electron chi connectivity index (χ2n) is 7.32. The summed E-state index contributed by atoms with van der Waals surface area (Å²) in [4.78, 5) is 39.0. The molecule has 0 unspecified atom stereocenters. The zero-order chi connectivity index (χ0) is 19.7. The number of amides is 2. The molecule has 0 bridgehead atoms. The Morgan fingerprint density at radius 2 is 2.00 bits per heavy atom. The summed E-state index contributed by atoms with van der Waals surface area (Å²) in [6.45, 7) is 0.647. The van der Waals surface area contributed by atoms with Crippen LogP contribution in [0.3, 0.4) is 0 Å². The predicted octanol–water partition coefficient (Wildman–Crippen LogP) is 0.899. The van der Waals surface area contributed by atoms with Gasteiger partial charge in [-0.2, -0.15) is 0 Å². The number of halogens is 1. The SMILES string of the molecule is O=C(Cn1nc2n(c1=O)CCN(Cc1cccc(F)c1)C2=O)NC1CCCC1. The highest BCUT2D eigenvalue weighted by Gasteiger charge is 2.30. The summed E-state index contributed by atoms with van der Waals surface area (Å²) in [5, 5.41) is 7.01. The lowest BCUT2D eigenvalue weighted by atomic mass is 10.2. The van der Waals surface area contributed by atoms with Crippen molar-refractivity contribution in [1.29, 1.82) is 0 Å². The van der Waals surface area contributed by atoms with E-state index in [2.05, 4.69) is 10.4 Å². The molecule has 28 heavy (non-hydrogen) atoms. The summed E-state index contributed by atoms with van der Waals surface area (Å²) < 4.78 is 15.7. The summed E-state index contributed by atoms with van der Waals surface area (Å²) in [5.41, 5.74) is 0.204. The topological polar surface area (TPSA) is 89.2 Å². The Bertz CT molecular complexity index is 961. The van der Waals surface area contributed by atoms with Crippen molar-refractivity contribution in [3.05, 3.63) is 52.0 Å². The number of fused-ring (bicyclic) bond motifs is 1. The van der Waals surface area contributed by atoms with Gasteiger partial charge in [0.2, 0.25) is 11.7 Å². The van der Waals surface area contributed by atoms with Crippen molar-refractivity contribution in [1.82, 2.24) is 24.6 Å². The minimum atomic E-state index is -0.463. The molecule has 0 saturated heterocycles. The number of nitrogens with one attached hydrogen (secondary N) is 1. The van der Waals surface area contributed by atoms with E-state index in [0.717, 1.165) is 30.4 Å². The van der Waals surface area contributed by atoms with Gasteiger partial charge in [-0.1, -0.05) is 25.0 Å². The van der Waals surface area contributed by atoms with E-state index in [1.165, 1.54) is 21.6 Å². The highest BCUT2D eigenvalue weighted by atomic mass is 19.1. The summed E-state index contributed by atoms with van der Waals surface area (Å²) in [6.07, 6.45) is 4.10. The number of rotatable bonds is 5. The average Bonchev–Trinajstić information content (AvgIpc) is 3.27. The molecule has 0 spiro atoms. The van der Waals surface area contributed by atoms with E-state index in [1.807, 2.05) is 0 Å². The molecule has 0 radical (unpaired) electrons. The molecule has 2 amide bonds. The van der Waals surface area contributed by atoms with Crippen LogP contribution in [0.1, 0.15) is 41.9 Å². The maximum atomic E-state index is 13.4. The molecule has 9 heteroatoms. The molecule has 148 valence electrons. The fourth-order valence-corrected chi connectivity index (χ4v) is 3.85.